The molecule has 130 valence electrons. The summed E-state index contributed by atoms with van der Waals surface area (Å²) in [6.07, 6.45) is 4.53. The number of fused-ring (bicyclic) bond motifs is 1. The Hall–Kier alpha value is -2.82. The van der Waals surface area contributed by atoms with Crippen LogP contribution in [-0.4, -0.2) is 30.3 Å². The van der Waals surface area contributed by atoms with Gasteiger partial charge < -0.3 is 14.2 Å². The van der Waals surface area contributed by atoms with E-state index in [1.54, 1.807) is 13.4 Å². The topological polar surface area (TPSA) is 53.5 Å². The molecule has 3 aromatic rings. The number of para-hydroxylation sites is 1. The van der Waals surface area contributed by atoms with Crippen molar-refractivity contribution in [2.45, 2.75) is 19.3 Å². The highest BCUT2D eigenvalue weighted by Crippen LogP contribution is 2.21. The predicted molar refractivity (Wildman–Crippen MR) is 97.4 cm³/mol. The lowest BCUT2D eigenvalue weighted by Crippen LogP contribution is -2.02. The highest BCUT2D eigenvalue weighted by atomic mass is 16.5. The van der Waals surface area contributed by atoms with Crippen molar-refractivity contribution in [3.63, 3.8) is 0 Å². The van der Waals surface area contributed by atoms with E-state index >= 15 is 0 Å². The normalized spacial score (nSPS) is 10.6. The lowest BCUT2D eigenvalue weighted by Gasteiger charge is -2.08. The number of benzene rings is 2. The Kier molecular flexibility index (Phi) is 6.04. The number of hydrogen-bond acceptors (Lipinski definition) is 5. The van der Waals surface area contributed by atoms with Crippen LogP contribution in [0.3, 0.4) is 0 Å². The third kappa shape index (κ3) is 4.83. The maximum absolute atomic E-state index is 5.80. The predicted octanol–water partition coefficient (Wildman–Crippen LogP) is 4.27. The van der Waals surface area contributed by atoms with Gasteiger partial charge in [0.2, 0.25) is 5.88 Å². The van der Waals surface area contributed by atoms with Gasteiger partial charge in [0, 0.05) is 0 Å². The number of ether oxygens (including phenoxy) is 3. The number of rotatable bonds is 9. The summed E-state index contributed by atoms with van der Waals surface area (Å²) in [7, 11) is 1.65. The fourth-order valence-corrected chi connectivity index (χ4v) is 2.51. The van der Waals surface area contributed by atoms with Crippen molar-refractivity contribution < 1.29 is 14.2 Å². The molecule has 0 bridgehead atoms. The molecule has 0 aliphatic heterocycles. The summed E-state index contributed by atoms with van der Waals surface area (Å²) in [5.41, 5.74) is 0.903. The summed E-state index contributed by atoms with van der Waals surface area (Å²) in [5.74, 6) is 2.35. The molecule has 0 aliphatic rings. The maximum atomic E-state index is 5.80. The van der Waals surface area contributed by atoms with Gasteiger partial charge >= 0.3 is 0 Å². The molecule has 5 nitrogen and oxygen atoms in total. The van der Waals surface area contributed by atoms with E-state index in [-0.39, 0.29) is 0 Å². The molecule has 0 unspecified atom stereocenters. The van der Waals surface area contributed by atoms with Gasteiger partial charge in [0.1, 0.15) is 17.8 Å². The molecule has 1 aromatic heterocycles. The van der Waals surface area contributed by atoms with E-state index in [1.165, 1.54) is 0 Å². The van der Waals surface area contributed by atoms with Crippen LogP contribution >= 0.6 is 0 Å². The molecule has 2 aromatic carbocycles. The van der Waals surface area contributed by atoms with E-state index in [1.807, 2.05) is 48.5 Å². The van der Waals surface area contributed by atoms with Crippen LogP contribution in [0.1, 0.15) is 19.3 Å². The molecule has 0 radical (unpaired) electrons. The van der Waals surface area contributed by atoms with Crippen LogP contribution in [0.5, 0.6) is 17.4 Å². The molecule has 1 heterocycles. The number of methoxy groups -OCH3 is 1. The molecule has 25 heavy (non-hydrogen) atoms. The Labute approximate surface area is 147 Å². The Morgan fingerprint density at radius 1 is 0.760 bits per heavy atom. The summed E-state index contributed by atoms with van der Waals surface area (Å²) in [4.78, 5) is 8.46. The van der Waals surface area contributed by atoms with Crippen LogP contribution in [0, 0.1) is 0 Å². The molecule has 3 rings (SSSR count). The van der Waals surface area contributed by atoms with E-state index in [0.717, 1.165) is 41.7 Å². The summed E-state index contributed by atoms with van der Waals surface area (Å²) in [6, 6.07) is 15.5. The first-order valence-corrected chi connectivity index (χ1v) is 8.46. The quantitative estimate of drug-likeness (QED) is 0.546. The first-order valence-electron chi connectivity index (χ1n) is 8.46. The third-order valence-electron chi connectivity index (χ3n) is 3.86. The van der Waals surface area contributed by atoms with Gasteiger partial charge in [-0.2, -0.15) is 0 Å². The molecule has 5 heteroatoms. The van der Waals surface area contributed by atoms with Crippen molar-refractivity contribution in [1.29, 1.82) is 0 Å². The van der Waals surface area contributed by atoms with Crippen molar-refractivity contribution in [1.82, 2.24) is 9.97 Å². The van der Waals surface area contributed by atoms with E-state index in [4.69, 9.17) is 14.2 Å². The van der Waals surface area contributed by atoms with Gasteiger partial charge in [-0.25, -0.2) is 9.97 Å². The number of nitrogens with zero attached hydrogens (tertiary/aromatic N) is 2. The van der Waals surface area contributed by atoms with Crippen molar-refractivity contribution in [2.75, 3.05) is 20.3 Å². The third-order valence-corrected chi connectivity index (χ3v) is 3.86. The van der Waals surface area contributed by atoms with Crippen molar-refractivity contribution >= 4 is 10.9 Å². The first-order chi connectivity index (χ1) is 12.4. The second kappa shape index (κ2) is 8.87. The molecule has 0 amide bonds. The minimum absolute atomic E-state index is 0.642. The second-order valence-corrected chi connectivity index (χ2v) is 5.63. The molecular formula is C20H22N2O3. The van der Waals surface area contributed by atoms with Crippen LogP contribution in [0.25, 0.3) is 10.9 Å². The van der Waals surface area contributed by atoms with Crippen LogP contribution in [0.4, 0.5) is 0 Å². The van der Waals surface area contributed by atoms with Crippen molar-refractivity contribution in [3.8, 4) is 17.4 Å². The van der Waals surface area contributed by atoms with Gasteiger partial charge in [-0.05, 0) is 55.7 Å². The molecule has 0 atom stereocenters. The van der Waals surface area contributed by atoms with Crippen molar-refractivity contribution in [2.24, 2.45) is 0 Å². The average molecular weight is 338 g/mol. The van der Waals surface area contributed by atoms with Gasteiger partial charge in [0.05, 0.1) is 31.2 Å². The number of aromatic nitrogens is 2. The number of unbranched alkanes of at least 4 members (excludes halogenated alkanes) is 2. The van der Waals surface area contributed by atoms with Crippen LogP contribution in [-0.2, 0) is 0 Å². The molecule has 0 spiro atoms. The number of hydrogen-bond donors (Lipinski definition) is 0. The Balaban J connectivity index is 1.34. The fraction of sp³-hybridized carbons (Fsp3) is 0.300. The minimum atomic E-state index is 0.642. The SMILES string of the molecule is COc1ccc(OCCCCCOc2ncnc3ccccc23)cc1. The molecule has 0 N–H and O–H groups in total. The lowest BCUT2D eigenvalue weighted by molar-refractivity contribution is 0.275. The monoisotopic (exact) mass is 338 g/mol. The Morgan fingerprint density at radius 3 is 2.28 bits per heavy atom. The van der Waals surface area contributed by atoms with Gasteiger partial charge in [0.15, 0.2) is 0 Å². The average Bonchev–Trinajstić information content (AvgIpc) is 2.68. The van der Waals surface area contributed by atoms with E-state index in [9.17, 15) is 0 Å². The van der Waals surface area contributed by atoms with E-state index < -0.39 is 0 Å². The van der Waals surface area contributed by atoms with Gasteiger partial charge in [0.25, 0.3) is 0 Å². The summed E-state index contributed by atoms with van der Waals surface area (Å²) in [5, 5.41) is 0.952. The van der Waals surface area contributed by atoms with E-state index in [2.05, 4.69) is 9.97 Å². The highest BCUT2D eigenvalue weighted by molar-refractivity contribution is 5.82. The molecule has 0 aliphatic carbocycles. The highest BCUT2D eigenvalue weighted by Gasteiger charge is 2.03. The van der Waals surface area contributed by atoms with Crippen LogP contribution in [0.15, 0.2) is 54.9 Å². The van der Waals surface area contributed by atoms with E-state index in [0.29, 0.717) is 19.1 Å². The molecule has 0 saturated heterocycles. The fourth-order valence-electron chi connectivity index (χ4n) is 2.51. The second-order valence-electron chi connectivity index (χ2n) is 5.63. The maximum Gasteiger partial charge on any atom is 0.224 e. The van der Waals surface area contributed by atoms with Crippen LogP contribution in [0.2, 0.25) is 0 Å². The molecular weight excluding hydrogens is 316 g/mol. The van der Waals surface area contributed by atoms with Crippen LogP contribution < -0.4 is 14.2 Å². The lowest BCUT2D eigenvalue weighted by atomic mass is 10.2. The summed E-state index contributed by atoms with van der Waals surface area (Å²) < 4.78 is 16.6. The first kappa shape index (κ1) is 17.0. The molecule has 0 fully saturated rings. The Morgan fingerprint density at radius 2 is 1.48 bits per heavy atom. The summed E-state index contributed by atoms with van der Waals surface area (Å²) >= 11 is 0. The zero-order valence-corrected chi connectivity index (χ0v) is 14.4. The van der Waals surface area contributed by atoms with Crippen molar-refractivity contribution in [3.05, 3.63) is 54.9 Å². The largest absolute Gasteiger partial charge is 0.497 e. The Bertz CT molecular complexity index is 785. The standard InChI is InChI=1S/C20H22N2O3/c1-23-16-9-11-17(12-10-16)24-13-5-2-6-14-25-20-18-7-3-4-8-19(18)21-15-22-20/h3-4,7-12,15H,2,5-6,13-14H2,1H3. The summed E-state index contributed by atoms with van der Waals surface area (Å²) in [6.45, 7) is 1.34. The minimum Gasteiger partial charge on any atom is -0.497 e. The zero-order valence-electron chi connectivity index (χ0n) is 14.4. The smallest absolute Gasteiger partial charge is 0.224 e. The zero-order chi connectivity index (χ0) is 17.3. The van der Waals surface area contributed by atoms with Gasteiger partial charge in [-0.15, -0.1) is 0 Å². The molecule has 0 saturated carbocycles. The van der Waals surface area contributed by atoms with Gasteiger partial charge in [-0.1, -0.05) is 12.1 Å². The van der Waals surface area contributed by atoms with Gasteiger partial charge in [-0.3, -0.25) is 0 Å².